The number of halogens is 1. The summed E-state index contributed by atoms with van der Waals surface area (Å²) < 4.78 is 6.54. The Morgan fingerprint density at radius 3 is 2.59 bits per heavy atom. The van der Waals surface area contributed by atoms with Crippen molar-refractivity contribution in [2.24, 2.45) is 0 Å². The van der Waals surface area contributed by atoms with Crippen LogP contribution in [0, 0.1) is 0 Å². The van der Waals surface area contributed by atoms with Gasteiger partial charge in [-0.25, -0.2) is 4.79 Å². The van der Waals surface area contributed by atoms with Gasteiger partial charge in [0.1, 0.15) is 0 Å². The zero-order valence-corrected chi connectivity index (χ0v) is 11.9. The zero-order chi connectivity index (χ0) is 13.1. The number of carboxylic acid groups (broad SMARTS) is 1. The molecule has 0 saturated carbocycles. The lowest BCUT2D eigenvalue weighted by atomic mass is 10.1. The molecule has 3 nitrogen and oxygen atoms in total. The maximum absolute atomic E-state index is 10.8. The number of hydrogen-bond donors (Lipinski definition) is 1. The second-order valence-electron chi connectivity index (χ2n) is 4.51. The van der Waals surface area contributed by atoms with Gasteiger partial charge in [0.2, 0.25) is 0 Å². The fourth-order valence-electron chi connectivity index (χ4n) is 1.17. The van der Waals surface area contributed by atoms with Crippen molar-refractivity contribution in [1.82, 2.24) is 0 Å². The summed E-state index contributed by atoms with van der Waals surface area (Å²) in [5.74, 6) is -0.924. The van der Waals surface area contributed by atoms with Gasteiger partial charge in [0.15, 0.2) is 0 Å². The van der Waals surface area contributed by atoms with E-state index in [-0.39, 0.29) is 11.2 Å². The molecule has 0 aliphatic heterocycles. The second-order valence-corrected chi connectivity index (χ2v) is 5.37. The molecule has 0 saturated heterocycles. The lowest BCUT2D eigenvalue weighted by Gasteiger charge is -2.23. The third kappa shape index (κ3) is 4.13. The molecule has 1 N–H and O–H groups in total. The molecule has 0 aliphatic carbocycles. The second kappa shape index (κ2) is 5.65. The van der Waals surface area contributed by atoms with Crippen molar-refractivity contribution in [2.45, 2.75) is 39.4 Å². The van der Waals surface area contributed by atoms with Crippen molar-refractivity contribution < 1.29 is 14.6 Å². The van der Waals surface area contributed by atoms with E-state index in [0.717, 1.165) is 16.5 Å². The fraction of sp³-hybridized carbons (Fsp3) is 0.462. The van der Waals surface area contributed by atoms with Crippen LogP contribution in [0.15, 0.2) is 22.7 Å². The average Bonchev–Trinajstić information content (AvgIpc) is 2.27. The maximum atomic E-state index is 10.8. The Kier molecular flexibility index (Phi) is 4.71. The first kappa shape index (κ1) is 14.2. The van der Waals surface area contributed by atoms with E-state index in [4.69, 9.17) is 9.84 Å². The minimum absolute atomic E-state index is 0.162. The molecule has 0 bridgehead atoms. The van der Waals surface area contributed by atoms with E-state index >= 15 is 0 Å². The van der Waals surface area contributed by atoms with E-state index in [1.165, 1.54) is 0 Å². The van der Waals surface area contributed by atoms with E-state index in [0.29, 0.717) is 6.61 Å². The molecule has 0 atom stereocenters. The zero-order valence-electron chi connectivity index (χ0n) is 10.3. The normalized spacial score (nSPS) is 11.5. The van der Waals surface area contributed by atoms with Gasteiger partial charge in [-0.2, -0.15) is 0 Å². The fourth-order valence-corrected chi connectivity index (χ4v) is 1.67. The Balaban J connectivity index is 2.77. The highest BCUT2D eigenvalue weighted by Gasteiger charge is 2.16. The predicted octanol–water partition coefficient (Wildman–Crippen LogP) is 3.85. The van der Waals surface area contributed by atoms with Gasteiger partial charge in [-0.05, 0) is 38.0 Å². The molecule has 1 rings (SSSR count). The Bertz CT molecular complexity index is 413. The van der Waals surface area contributed by atoms with Crippen LogP contribution >= 0.6 is 15.9 Å². The maximum Gasteiger partial charge on any atom is 0.335 e. The van der Waals surface area contributed by atoms with Crippen LogP contribution in [0.4, 0.5) is 0 Å². The molecular formula is C13H17BrO3. The summed E-state index contributed by atoms with van der Waals surface area (Å²) in [6, 6.07) is 4.96. The largest absolute Gasteiger partial charge is 0.478 e. The predicted molar refractivity (Wildman–Crippen MR) is 70.3 cm³/mol. The Morgan fingerprint density at radius 2 is 2.12 bits per heavy atom. The Hall–Kier alpha value is -0.870. The van der Waals surface area contributed by atoms with Crippen molar-refractivity contribution in [3.8, 4) is 0 Å². The summed E-state index contributed by atoms with van der Waals surface area (Å²) in [5, 5.41) is 8.85. The molecule has 1 aromatic rings. The van der Waals surface area contributed by atoms with Crippen LogP contribution in [0.2, 0.25) is 0 Å². The third-order valence-electron chi connectivity index (χ3n) is 2.77. The standard InChI is InChI=1S/C13H17BrO3/c1-4-13(2,3)17-8-10-6-5-9(12(15)16)7-11(10)14/h5-7H,4,8H2,1-3H3,(H,15,16). The summed E-state index contributed by atoms with van der Waals surface area (Å²) in [6.45, 7) is 6.61. The summed E-state index contributed by atoms with van der Waals surface area (Å²) >= 11 is 3.36. The minimum Gasteiger partial charge on any atom is -0.478 e. The lowest BCUT2D eigenvalue weighted by Crippen LogP contribution is -2.22. The molecule has 0 heterocycles. The third-order valence-corrected chi connectivity index (χ3v) is 3.51. The molecule has 0 fully saturated rings. The van der Waals surface area contributed by atoms with Gasteiger partial charge in [0, 0.05) is 4.47 Å². The van der Waals surface area contributed by atoms with E-state index in [9.17, 15) is 4.79 Å². The van der Waals surface area contributed by atoms with Gasteiger partial charge < -0.3 is 9.84 Å². The summed E-state index contributed by atoms with van der Waals surface area (Å²) in [6.07, 6.45) is 0.928. The SMILES string of the molecule is CCC(C)(C)OCc1ccc(C(=O)O)cc1Br. The first-order chi connectivity index (χ1) is 7.85. The number of hydrogen-bond acceptors (Lipinski definition) is 2. The van der Waals surface area contributed by atoms with Crippen LogP contribution in [0.1, 0.15) is 43.1 Å². The Labute approximate surface area is 110 Å². The van der Waals surface area contributed by atoms with Crippen LogP contribution in [-0.4, -0.2) is 16.7 Å². The smallest absolute Gasteiger partial charge is 0.335 e. The van der Waals surface area contributed by atoms with Gasteiger partial charge >= 0.3 is 5.97 Å². The number of rotatable bonds is 5. The van der Waals surface area contributed by atoms with E-state index in [1.54, 1.807) is 18.2 Å². The number of carbonyl (C=O) groups is 1. The number of ether oxygens (including phenoxy) is 1. The van der Waals surface area contributed by atoms with Crippen molar-refractivity contribution in [1.29, 1.82) is 0 Å². The highest BCUT2D eigenvalue weighted by molar-refractivity contribution is 9.10. The van der Waals surface area contributed by atoms with Crippen LogP contribution in [-0.2, 0) is 11.3 Å². The van der Waals surface area contributed by atoms with Crippen molar-refractivity contribution >= 4 is 21.9 Å². The first-order valence-electron chi connectivity index (χ1n) is 5.51. The van der Waals surface area contributed by atoms with Gasteiger partial charge in [-0.3, -0.25) is 0 Å². The van der Waals surface area contributed by atoms with Crippen LogP contribution in [0.25, 0.3) is 0 Å². The molecule has 0 spiro atoms. The Morgan fingerprint density at radius 1 is 1.47 bits per heavy atom. The first-order valence-corrected chi connectivity index (χ1v) is 6.30. The molecule has 17 heavy (non-hydrogen) atoms. The van der Waals surface area contributed by atoms with Gasteiger partial charge in [-0.1, -0.05) is 28.9 Å². The number of benzene rings is 1. The van der Waals surface area contributed by atoms with Gasteiger partial charge in [0.25, 0.3) is 0 Å². The van der Waals surface area contributed by atoms with Gasteiger partial charge in [0.05, 0.1) is 17.8 Å². The highest BCUT2D eigenvalue weighted by Crippen LogP contribution is 2.23. The van der Waals surface area contributed by atoms with E-state index in [2.05, 4.69) is 22.9 Å². The average molecular weight is 301 g/mol. The summed E-state index contributed by atoms with van der Waals surface area (Å²) in [4.78, 5) is 10.8. The molecule has 4 heteroatoms. The number of aromatic carboxylic acids is 1. The van der Waals surface area contributed by atoms with Crippen molar-refractivity contribution in [2.75, 3.05) is 0 Å². The molecular weight excluding hydrogens is 284 g/mol. The van der Waals surface area contributed by atoms with E-state index in [1.807, 2.05) is 13.8 Å². The quantitative estimate of drug-likeness (QED) is 0.898. The monoisotopic (exact) mass is 300 g/mol. The van der Waals surface area contributed by atoms with E-state index < -0.39 is 5.97 Å². The van der Waals surface area contributed by atoms with Crippen LogP contribution in [0.5, 0.6) is 0 Å². The highest BCUT2D eigenvalue weighted by atomic mass is 79.9. The summed E-state index contributed by atoms with van der Waals surface area (Å²) in [7, 11) is 0. The lowest BCUT2D eigenvalue weighted by molar-refractivity contribution is -0.0318. The van der Waals surface area contributed by atoms with Crippen molar-refractivity contribution in [3.05, 3.63) is 33.8 Å². The van der Waals surface area contributed by atoms with Crippen LogP contribution in [0.3, 0.4) is 0 Å². The molecule has 0 aliphatic rings. The molecule has 0 radical (unpaired) electrons. The molecule has 0 aromatic heterocycles. The topological polar surface area (TPSA) is 46.5 Å². The van der Waals surface area contributed by atoms with Crippen molar-refractivity contribution in [3.63, 3.8) is 0 Å². The molecule has 1 aromatic carbocycles. The molecule has 0 amide bonds. The molecule has 0 unspecified atom stereocenters. The van der Waals surface area contributed by atoms with Crippen LogP contribution < -0.4 is 0 Å². The number of carboxylic acids is 1. The summed E-state index contributed by atoms with van der Waals surface area (Å²) in [5.41, 5.74) is 1.07. The minimum atomic E-state index is -0.924. The molecule has 94 valence electrons. The van der Waals surface area contributed by atoms with Gasteiger partial charge in [-0.15, -0.1) is 0 Å².